The molecule has 0 aromatic heterocycles. The highest BCUT2D eigenvalue weighted by atomic mass is 19.1. The fraction of sp³-hybridized carbons (Fsp3) is 0.167. The van der Waals surface area contributed by atoms with Crippen molar-refractivity contribution in [2.45, 2.75) is 0 Å². The Morgan fingerprint density at radius 2 is 1.94 bits per heavy atom. The predicted octanol–water partition coefficient (Wildman–Crippen LogP) is 2.70. The Hall–Kier alpha value is -1.97. The Kier molecular flexibility index (Phi) is 2.56. The van der Waals surface area contributed by atoms with Crippen molar-refractivity contribution in [2.75, 3.05) is 14.2 Å². The van der Waals surface area contributed by atoms with Crippen molar-refractivity contribution in [3.63, 3.8) is 0 Å². The summed E-state index contributed by atoms with van der Waals surface area (Å²) in [6, 6.07) is 6.11. The van der Waals surface area contributed by atoms with Gasteiger partial charge >= 0.3 is 0 Å². The van der Waals surface area contributed by atoms with Gasteiger partial charge in [-0.1, -0.05) is 12.1 Å². The van der Waals surface area contributed by atoms with Crippen molar-refractivity contribution in [2.24, 2.45) is 0 Å². The molecule has 3 nitrogen and oxygen atoms in total. The second-order valence-electron chi connectivity index (χ2n) is 3.29. The number of benzene rings is 2. The number of aromatic hydroxyl groups is 1. The van der Waals surface area contributed by atoms with E-state index in [4.69, 9.17) is 9.47 Å². The Morgan fingerprint density at radius 1 is 1.19 bits per heavy atom. The van der Waals surface area contributed by atoms with Gasteiger partial charge in [-0.2, -0.15) is 0 Å². The molecule has 84 valence electrons. The number of phenolic OH excluding ortho intramolecular Hbond substituents is 1. The first-order valence-electron chi connectivity index (χ1n) is 4.71. The van der Waals surface area contributed by atoms with Crippen LogP contribution in [0.15, 0.2) is 24.3 Å². The molecule has 0 atom stereocenters. The summed E-state index contributed by atoms with van der Waals surface area (Å²) in [5.41, 5.74) is 0. The molecule has 0 amide bonds. The number of halogens is 1. The molecule has 0 aliphatic carbocycles. The fourth-order valence-corrected chi connectivity index (χ4v) is 1.73. The van der Waals surface area contributed by atoms with Gasteiger partial charge in [0.15, 0.2) is 11.6 Å². The van der Waals surface area contributed by atoms with E-state index in [1.165, 1.54) is 26.4 Å². The highest BCUT2D eigenvalue weighted by molar-refractivity contribution is 5.97. The standard InChI is InChI=1S/C12H11FO3/c1-15-10-6-8(13)12(16-2)11-7(10)4-3-5-9(11)14/h3-6,14H,1-2H3. The van der Waals surface area contributed by atoms with Gasteiger partial charge in [-0.3, -0.25) is 0 Å². The third-order valence-electron chi connectivity index (χ3n) is 2.43. The lowest BCUT2D eigenvalue weighted by Gasteiger charge is -2.11. The Bertz CT molecular complexity index is 537. The molecular weight excluding hydrogens is 211 g/mol. The minimum Gasteiger partial charge on any atom is -0.507 e. The summed E-state index contributed by atoms with van der Waals surface area (Å²) in [4.78, 5) is 0. The van der Waals surface area contributed by atoms with Crippen molar-refractivity contribution in [1.29, 1.82) is 0 Å². The van der Waals surface area contributed by atoms with Crippen LogP contribution in [0.5, 0.6) is 17.2 Å². The third kappa shape index (κ3) is 1.43. The zero-order valence-corrected chi connectivity index (χ0v) is 8.95. The monoisotopic (exact) mass is 222 g/mol. The van der Waals surface area contributed by atoms with E-state index in [-0.39, 0.29) is 11.5 Å². The number of hydrogen-bond acceptors (Lipinski definition) is 3. The molecule has 16 heavy (non-hydrogen) atoms. The lowest BCUT2D eigenvalue weighted by molar-refractivity contribution is 0.382. The van der Waals surface area contributed by atoms with Gasteiger partial charge in [0.1, 0.15) is 11.5 Å². The lowest BCUT2D eigenvalue weighted by Crippen LogP contribution is -1.93. The highest BCUT2D eigenvalue weighted by Crippen LogP contribution is 2.40. The number of rotatable bonds is 2. The molecular formula is C12H11FO3. The van der Waals surface area contributed by atoms with Crippen LogP contribution in [0.4, 0.5) is 4.39 Å². The predicted molar refractivity (Wildman–Crippen MR) is 58.7 cm³/mol. The van der Waals surface area contributed by atoms with Gasteiger partial charge < -0.3 is 14.6 Å². The van der Waals surface area contributed by atoms with Crippen LogP contribution < -0.4 is 9.47 Å². The number of phenols is 1. The molecule has 0 radical (unpaired) electrons. The highest BCUT2D eigenvalue weighted by Gasteiger charge is 2.15. The quantitative estimate of drug-likeness (QED) is 0.849. The molecule has 1 N–H and O–H groups in total. The second-order valence-corrected chi connectivity index (χ2v) is 3.29. The van der Waals surface area contributed by atoms with Crippen molar-refractivity contribution in [3.8, 4) is 17.2 Å². The van der Waals surface area contributed by atoms with Gasteiger partial charge in [-0.15, -0.1) is 0 Å². The van der Waals surface area contributed by atoms with Crippen molar-refractivity contribution >= 4 is 10.8 Å². The van der Waals surface area contributed by atoms with E-state index in [0.717, 1.165) is 0 Å². The van der Waals surface area contributed by atoms with Crippen LogP contribution in [-0.4, -0.2) is 19.3 Å². The number of methoxy groups -OCH3 is 2. The van der Waals surface area contributed by atoms with E-state index in [0.29, 0.717) is 16.5 Å². The normalized spacial score (nSPS) is 10.4. The Labute approximate surface area is 92.0 Å². The smallest absolute Gasteiger partial charge is 0.169 e. The molecule has 2 rings (SSSR count). The van der Waals surface area contributed by atoms with Crippen LogP contribution in [0.1, 0.15) is 0 Å². The largest absolute Gasteiger partial charge is 0.507 e. The van der Waals surface area contributed by atoms with Crippen molar-refractivity contribution in [3.05, 3.63) is 30.1 Å². The molecule has 0 bridgehead atoms. The van der Waals surface area contributed by atoms with E-state index in [9.17, 15) is 9.50 Å². The zero-order valence-electron chi connectivity index (χ0n) is 8.95. The van der Waals surface area contributed by atoms with E-state index in [1.807, 2.05) is 0 Å². The first-order valence-corrected chi connectivity index (χ1v) is 4.71. The molecule has 0 fully saturated rings. The first kappa shape index (κ1) is 10.5. The van der Waals surface area contributed by atoms with Crippen LogP contribution in [0.2, 0.25) is 0 Å². The molecule has 0 spiro atoms. The lowest BCUT2D eigenvalue weighted by atomic mass is 10.1. The average molecular weight is 222 g/mol. The maximum Gasteiger partial charge on any atom is 0.169 e. The summed E-state index contributed by atoms with van der Waals surface area (Å²) in [6.07, 6.45) is 0. The SMILES string of the molecule is COc1cc(F)c(OC)c2c(O)cccc12. The molecule has 0 aliphatic rings. The molecule has 0 saturated heterocycles. The minimum absolute atomic E-state index is 0.0221. The van der Waals surface area contributed by atoms with Crippen molar-refractivity contribution < 1.29 is 19.0 Å². The van der Waals surface area contributed by atoms with E-state index in [2.05, 4.69) is 0 Å². The molecule has 0 saturated carbocycles. The summed E-state index contributed by atoms with van der Waals surface area (Å²) >= 11 is 0. The summed E-state index contributed by atoms with van der Waals surface area (Å²) in [7, 11) is 2.81. The van der Waals surface area contributed by atoms with Crippen LogP contribution in [0.3, 0.4) is 0 Å². The second kappa shape index (κ2) is 3.89. The van der Waals surface area contributed by atoms with Gasteiger partial charge in [0.05, 0.1) is 19.6 Å². The topological polar surface area (TPSA) is 38.7 Å². The number of ether oxygens (including phenoxy) is 2. The van der Waals surface area contributed by atoms with E-state index < -0.39 is 5.82 Å². The maximum absolute atomic E-state index is 13.6. The van der Waals surface area contributed by atoms with Crippen LogP contribution in [-0.2, 0) is 0 Å². The first-order chi connectivity index (χ1) is 7.69. The summed E-state index contributed by atoms with van der Waals surface area (Å²) in [5.74, 6) is -0.210. The summed E-state index contributed by atoms with van der Waals surface area (Å²) < 4.78 is 23.6. The van der Waals surface area contributed by atoms with E-state index in [1.54, 1.807) is 12.1 Å². The third-order valence-corrected chi connectivity index (χ3v) is 2.43. The molecule has 2 aromatic carbocycles. The zero-order chi connectivity index (χ0) is 11.7. The number of hydrogen-bond donors (Lipinski definition) is 1. The van der Waals surface area contributed by atoms with Crippen LogP contribution in [0, 0.1) is 5.82 Å². The minimum atomic E-state index is -0.562. The Morgan fingerprint density at radius 3 is 2.56 bits per heavy atom. The maximum atomic E-state index is 13.6. The van der Waals surface area contributed by atoms with Gasteiger partial charge in [0.25, 0.3) is 0 Å². The van der Waals surface area contributed by atoms with E-state index >= 15 is 0 Å². The molecule has 0 aliphatic heterocycles. The molecule has 0 heterocycles. The Balaban J connectivity index is 2.94. The van der Waals surface area contributed by atoms with Gasteiger partial charge in [-0.05, 0) is 6.07 Å². The van der Waals surface area contributed by atoms with Gasteiger partial charge in [0.2, 0.25) is 0 Å². The average Bonchev–Trinajstić information content (AvgIpc) is 2.29. The van der Waals surface area contributed by atoms with Gasteiger partial charge in [-0.25, -0.2) is 4.39 Å². The molecule has 2 aromatic rings. The van der Waals surface area contributed by atoms with Crippen LogP contribution in [0.25, 0.3) is 10.8 Å². The summed E-state index contributed by atoms with van der Waals surface area (Å²) in [6.45, 7) is 0. The molecule has 4 heteroatoms. The summed E-state index contributed by atoms with van der Waals surface area (Å²) in [5, 5.41) is 10.7. The van der Waals surface area contributed by atoms with Crippen molar-refractivity contribution in [1.82, 2.24) is 0 Å². The number of fused-ring (bicyclic) bond motifs is 1. The van der Waals surface area contributed by atoms with Gasteiger partial charge in [0, 0.05) is 11.5 Å². The van der Waals surface area contributed by atoms with Crippen LogP contribution >= 0.6 is 0 Å². The fourth-order valence-electron chi connectivity index (χ4n) is 1.73. The molecule has 0 unspecified atom stereocenters.